The fourth-order valence-electron chi connectivity index (χ4n) is 0.737. The van der Waals surface area contributed by atoms with Crippen molar-refractivity contribution in [2.75, 3.05) is 6.54 Å². The fourth-order valence-corrected chi connectivity index (χ4v) is 2.39. The minimum Gasteiger partial charge on any atom is -0.355 e. The summed E-state index contributed by atoms with van der Waals surface area (Å²) >= 11 is 2.88. The summed E-state index contributed by atoms with van der Waals surface area (Å²) in [5.41, 5.74) is 1.66. The smallest absolute Gasteiger partial charge is 0.233 e. The van der Waals surface area contributed by atoms with Crippen LogP contribution in [-0.2, 0) is 4.79 Å². The number of rotatable bonds is 4. The Morgan fingerprint density at radius 1 is 1.85 bits per heavy atom. The largest absolute Gasteiger partial charge is 0.355 e. The Kier molecular flexibility index (Phi) is 4.17. The first-order chi connectivity index (χ1) is 6.24. The molecule has 0 fully saturated rings. The number of thioether (sulfide) groups is 1. The van der Waals surface area contributed by atoms with Crippen molar-refractivity contribution in [3.05, 3.63) is 5.51 Å². The first-order valence-corrected chi connectivity index (χ1v) is 5.70. The second kappa shape index (κ2) is 5.18. The number of nitrogens with zero attached hydrogens (tertiary/aromatic N) is 2. The molecule has 1 atom stereocenters. The molecule has 1 heterocycles. The lowest BCUT2D eigenvalue weighted by atomic mass is 10.4. The summed E-state index contributed by atoms with van der Waals surface area (Å²) in [5.74, 6) is 0.0442. The van der Waals surface area contributed by atoms with E-state index in [9.17, 15) is 4.79 Å². The number of hydrogen-bond acceptors (Lipinski definition) is 5. The number of amides is 1. The Morgan fingerprint density at radius 2 is 2.62 bits per heavy atom. The maximum Gasteiger partial charge on any atom is 0.233 e. The lowest BCUT2D eigenvalue weighted by molar-refractivity contribution is -0.120. The van der Waals surface area contributed by atoms with E-state index in [4.69, 9.17) is 0 Å². The Labute approximate surface area is 85.1 Å². The van der Waals surface area contributed by atoms with Crippen LogP contribution in [0.4, 0.5) is 0 Å². The zero-order valence-corrected chi connectivity index (χ0v) is 9.11. The first-order valence-electron chi connectivity index (χ1n) is 3.94. The molecule has 1 N–H and O–H groups in total. The predicted molar refractivity (Wildman–Crippen MR) is 53.9 cm³/mol. The van der Waals surface area contributed by atoms with Gasteiger partial charge in [0.25, 0.3) is 0 Å². The molecule has 0 aromatic carbocycles. The van der Waals surface area contributed by atoms with Gasteiger partial charge in [-0.25, -0.2) is 0 Å². The van der Waals surface area contributed by atoms with Gasteiger partial charge in [0.05, 0.1) is 5.25 Å². The molecular formula is C7H11N3OS2. The SMILES string of the molecule is CCNC(=O)C(C)Sc1nncs1. The van der Waals surface area contributed by atoms with Crippen molar-refractivity contribution in [3.63, 3.8) is 0 Å². The topological polar surface area (TPSA) is 54.9 Å². The molecule has 0 aliphatic carbocycles. The molecule has 0 saturated heterocycles. The molecule has 1 aromatic heterocycles. The lowest BCUT2D eigenvalue weighted by Gasteiger charge is -2.07. The summed E-state index contributed by atoms with van der Waals surface area (Å²) in [4.78, 5) is 11.3. The number of nitrogens with one attached hydrogen (secondary N) is 1. The Balaban J connectivity index is 2.41. The number of aromatic nitrogens is 2. The van der Waals surface area contributed by atoms with E-state index >= 15 is 0 Å². The maximum atomic E-state index is 11.3. The molecule has 1 aromatic rings. The van der Waals surface area contributed by atoms with Crippen molar-refractivity contribution in [3.8, 4) is 0 Å². The maximum absolute atomic E-state index is 11.3. The average Bonchev–Trinajstić information content (AvgIpc) is 2.57. The van der Waals surface area contributed by atoms with Crippen molar-refractivity contribution in [2.24, 2.45) is 0 Å². The zero-order valence-electron chi connectivity index (χ0n) is 7.48. The molecule has 0 aliphatic rings. The minimum atomic E-state index is -0.104. The molecule has 0 bridgehead atoms. The van der Waals surface area contributed by atoms with Gasteiger partial charge in [-0.1, -0.05) is 23.1 Å². The summed E-state index contributed by atoms with van der Waals surface area (Å²) in [6, 6.07) is 0. The molecule has 0 radical (unpaired) electrons. The number of carbonyl (C=O) groups is 1. The van der Waals surface area contributed by atoms with Crippen LogP contribution in [-0.4, -0.2) is 27.9 Å². The standard InChI is InChI=1S/C7H11N3OS2/c1-3-8-6(11)5(2)13-7-10-9-4-12-7/h4-5H,3H2,1-2H3,(H,8,11). The molecule has 13 heavy (non-hydrogen) atoms. The van der Waals surface area contributed by atoms with Gasteiger partial charge in [0.1, 0.15) is 5.51 Å². The van der Waals surface area contributed by atoms with Gasteiger partial charge in [0.2, 0.25) is 5.91 Å². The molecule has 72 valence electrons. The van der Waals surface area contributed by atoms with Crippen molar-refractivity contribution in [1.82, 2.24) is 15.5 Å². The molecule has 4 nitrogen and oxygen atoms in total. The lowest BCUT2D eigenvalue weighted by Crippen LogP contribution is -2.30. The second-order valence-corrected chi connectivity index (χ2v) is 4.78. The van der Waals surface area contributed by atoms with Crippen molar-refractivity contribution < 1.29 is 4.79 Å². The molecule has 1 rings (SSSR count). The highest BCUT2D eigenvalue weighted by Gasteiger charge is 2.14. The van der Waals surface area contributed by atoms with Crippen molar-refractivity contribution in [2.45, 2.75) is 23.4 Å². The van der Waals surface area contributed by atoms with Gasteiger partial charge in [-0.05, 0) is 13.8 Å². The highest BCUT2D eigenvalue weighted by molar-refractivity contribution is 8.02. The molecule has 1 amide bonds. The van der Waals surface area contributed by atoms with E-state index in [0.29, 0.717) is 6.54 Å². The van der Waals surface area contributed by atoms with Crippen LogP contribution in [0.1, 0.15) is 13.8 Å². The monoisotopic (exact) mass is 217 g/mol. The van der Waals surface area contributed by atoms with Crippen LogP contribution in [0.15, 0.2) is 9.85 Å². The molecule has 6 heteroatoms. The van der Waals surface area contributed by atoms with Gasteiger partial charge < -0.3 is 5.32 Å². The van der Waals surface area contributed by atoms with Crippen LogP contribution in [0.25, 0.3) is 0 Å². The Morgan fingerprint density at radius 3 is 3.15 bits per heavy atom. The first kappa shape index (κ1) is 10.5. The van der Waals surface area contributed by atoms with Gasteiger partial charge in [0, 0.05) is 6.54 Å². The normalized spacial score (nSPS) is 12.5. The average molecular weight is 217 g/mol. The van der Waals surface area contributed by atoms with Crippen molar-refractivity contribution in [1.29, 1.82) is 0 Å². The van der Waals surface area contributed by atoms with Gasteiger partial charge in [-0.15, -0.1) is 10.2 Å². The van der Waals surface area contributed by atoms with E-state index < -0.39 is 0 Å². The van der Waals surface area contributed by atoms with Crippen LogP contribution in [0.5, 0.6) is 0 Å². The third-order valence-electron chi connectivity index (χ3n) is 1.34. The zero-order chi connectivity index (χ0) is 9.68. The molecule has 0 spiro atoms. The molecule has 0 aliphatic heterocycles. The van der Waals surface area contributed by atoms with E-state index in [1.807, 2.05) is 13.8 Å². The molecular weight excluding hydrogens is 206 g/mol. The van der Waals surface area contributed by atoms with Crippen LogP contribution >= 0.6 is 23.1 Å². The third kappa shape index (κ3) is 3.31. The molecule has 0 saturated carbocycles. The van der Waals surface area contributed by atoms with Crippen LogP contribution in [0.2, 0.25) is 0 Å². The van der Waals surface area contributed by atoms with E-state index in [1.54, 1.807) is 5.51 Å². The van der Waals surface area contributed by atoms with E-state index in [-0.39, 0.29) is 11.2 Å². The highest BCUT2D eigenvalue weighted by Crippen LogP contribution is 2.23. The minimum absolute atomic E-state index is 0.0442. The highest BCUT2D eigenvalue weighted by atomic mass is 32.2. The van der Waals surface area contributed by atoms with Crippen LogP contribution in [0, 0.1) is 0 Å². The summed E-state index contributed by atoms with van der Waals surface area (Å²) < 4.78 is 0.832. The van der Waals surface area contributed by atoms with E-state index in [0.717, 1.165) is 4.34 Å². The van der Waals surface area contributed by atoms with Gasteiger partial charge in [-0.3, -0.25) is 4.79 Å². The van der Waals surface area contributed by atoms with Gasteiger partial charge >= 0.3 is 0 Å². The Hall–Kier alpha value is -0.620. The summed E-state index contributed by atoms with van der Waals surface area (Å²) in [6.07, 6.45) is 0. The summed E-state index contributed by atoms with van der Waals surface area (Å²) in [7, 11) is 0. The fraction of sp³-hybridized carbons (Fsp3) is 0.571. The van der Waals surface area contributed by atoms with E-state index in [1.165, 1.54) is 23.1 Å². The Bertz CT molecular complexity index is 263. The van der Waals surface area contributed by atoms with E-state index in [2.05, 4.69) is 15.5 Å². The predicted octanol–water partition coefficient (Wildman–Crippen LogP) is 1.15. The van der Waals surface area contributed by atoms with Gasteiger partial charge in [-0.2, -0.15) is 0 Å². The van der Waals surface area contributed by atoms with Crippen LogP contribution < -0.4 is 5.32 Å². The number of hydrogen-bond donors (Lipinski definition) is 1. The second-order valence-electron chi connectivity index (χ2n) is 2.36. The third-order valence-corrected chi connectivity index (χ3v) is 3.25. The van der Waals surface area contributed by atoms with Gasteiger partial charge in [0.15, 0.2) is 4.34 Å². The summed E-state index contributed by atoms with van der Waals surface area (Å²) in [6.45, 7) is 4.43. The summed E-state index contributed by atoms with van der Waals surface area (Å²) in [5, 5.41) is 10.2. The van der Waals surface area contributed by atoms with Crippen LogP contribution in [0.3, 0.4) is 0 Å². The quantitative estimate of drug-likeness (QED) is 0.769. The van der Waals surface area contributed by atoms with Crippen molar-refractivity contribution >= 4 is 29.0 Å². The molecule has 1 unspecified atom stereocenters. The number of carbonyl (C=O) groups excluding carboxylic acids is 1.